The number of fused-ring (bicyclic) bond motifs is 2. The average Bonchev–Trinajstić information content (AvgIpc) is 3.03. The van der Waals surface area contributed by atoms with Gasteiger partial charge in [0.05, 0.1) is 4.88 Å². The van der Waals surface area contributed by atoms with Crippen molar-refractivity contribution in [1.29, 1.82) is 0 Å². The summed E-state index contributed by atoms with van der Waals surface area (Å²) in [5.41, 5.74) is 6.82. The van der Waals surface area contributed by atoms with E-state index >= 15 is 0 Å². The molecular formula is C20H18FN3OS. The molecule has 4 nitrogen and oxygen atoms in total. The third-order valence-corrected chi connectivity index (χ3v) is 5.13. The number of aromatic nitrogens is 1. The Hall–Kier alpha value is -2.99. The van der Waals surface area contributed by atoms with E-state index in [0.29, 0.717) is 17.2 Å². The summed E-state index contributed by atoms with van der Waals surface area (Å²) in [5, 5.41) is 5.52. The predicted molar refractivity (Wildman–Crippen MR) is 106 cm³/mol. The number of amides is 1. The highest BCUT2D eigenvalue weighted by Gasteiger charge is 2.11. The Morgan fingerprint density at radius 3 is 2.81 bits per heavy atom. The summed E-state index contributed by atoms with van der Waals surface area (Å²) in [6.07, 6.45) is 1.66. The van der Waals surface area contributed by atoms with Crippen LogP contribution in [0.25, 0.3) is 20.9 Å². The molecule has 1 amide bonds. The predicted octanol–water partition coefficient (Wildman–Crippen LogP) is 4.74. The molecule has 0 spiro atoms. The van der Waals surface area contributed by atoms with Crippen LogP contribution in [0.2, 0.25) is 0 Å². The summed E-state index contributed by atoms with van der Waals surface area (Å²) in [4.78, 5) is 17.0. The number of nitrogens with zero attached hydrogens (tertiary/aromatic N) is 1. The van der Waals surface area contributed by atoms with Gasteiger partial charge in [-0.3, -0.25) is 4.79 Å². The maximum absolute atomic E-state index is 13.3. The first-order valence-electron chi connectivity index (χ1n) is 7.70. The van der Waals surface area contributed by atoms with Crippen LogP contribution in [0, 0.1) is 5.82 Å². The van der Waals surface area contributed by atoms with Crippen molar-refractivity contribution in [2.24, 2.45) is 0 Å². The van der Waals surface area contributed by atoms with Gasteiger partial charge in [-0.1, -0.05) is 19.6 Å². The number of thiophene rings is 1. The standard InChI is InChI=1S/C19H14FN3OS.CH4/c20-14-2-4-16-13(8-14)9-17(25-16)19(24)23-10-11-1-3-15-12(7-11)5-6-22-18(15)21;/h1-9H,10H2,(H2,21,22)(H,23,24);1H4. The Kier molecular flexibility index (Phi) is 4.86. The highest BCUT2D eigenvalue weighted by Crippen LogP contribution is 2.26. The highest BCUT2D eigenvalue weighted by atomic mass is 32.1. The summed E-state index contributed by atoms with van der Waals surface area (Å²) < 4.78 is 14.2. The van der Waals surface area contributed by atoms with E-state index in [4.69, 9.17) is 5.73 Å². The summed E-state index contributed by atoms with van der Waals surface area (Å²) in [5.74, 6) is 0.0173. The SMILES string of the molecule is C.Nc1nccc2cc(CNC(=O)c3cc4cc(F)ccc4s3)ccc12. The lowest BCUT2D eigenvalue weighted by Gasteiger charge is -2.06. The Morgan fingerprint density at radius 1 is 1.12 bits per heavy atom. The number of nitrogen functional groups attached to an aromatic ring is 1. The third kappa shape index (κ3) is 3.36. The number of carbonyl (C=O) groups excluding carboxylic acids is 1. The van der Waals surface area contributed by atoms with Gasteiger partial charge in [0.2, 0.25) is 0 Å². The molecule has 0 aliphatic rings. The lowest BCUT2D eigenvalue weighted by atomic mass is 10.1. The van der Waals surface area contributed by atoms with Crippen LogP contribution in [0.4, 0.5) is 10.2 Å². The molecule has 0 atom stereocenters. The molecule has 0 radical (unpaired) electrons. The topological polar surface area (TPSA) is 68.0 Å². The summed E-state index contributed by atoms with van der Waals surface area (Å²) in [6.45, 7) is 0.402. The van der Waals surface area contributed by atoms with Crippen LogP contribution in [0.15, 0.2) is 54.7 Å². The number of nitrogens with two attached hydrogens (primary N) is 1. The molecule has 0 fully saturated rings. The maximum Gasteiger partial charge on any atom is 0.261 e. The van der Waals surface area contributed by atoms with Crippen molar-refractivity contribution >= 4 is 43.9 Å². The number of anilines is 1. The van der Waals surface area contributed by atoms with E-state index in [2.05, 4.69) is 10.3 Å². The molecule has 2 heterocycles. The molecule has 4 aromatic rings. The van der Waals surface area contributed by atoms with Gasteiger partial charge in [-0.2, -0.15) is 0 Å². The Labute approximate surface area is 154 Å². The van der Waals surface area contributed by atoms with Gasteiger partial charge >= 0.3 is 0 Å². The van der Waals surface area contributed by atoms with Crippen molar-refractivity contribution in [2.45, 2.75) is 14.0 Å². The average molecular weight is 367 g/mol. The zero-order valence-electron chi connectivity index (χ0n) is 13.1. The smallest absolute Gasteiger partial charge is 0.261 e. The minimum absolute atomic E-state index is 0. The third-order valence-electron chi connectivity index (χ3n) is 4.01. The molecular weight excluding hydrogens is 349 g/mol. The van der Waals surface area contributed by atoms with Crippen molar-refractivity contribution in [1.82, 2.24) is 10.3 Å². The second-order valence-electron chi connectivity index (χ2n) is 5.73. The number of hydrogen-bond donors (Lipinski definition) is 2. The first kappa shape index (κ1) is 17.8. The van der Waals surface area contributed by atoms with E-state index in [1.54, 1.807) is 18.3 Å². The zero-order valence-corrected chi connectivity index (χ0v) is 13.9. The number of hydrogen-bond acceptors (Lipinski definition) is 4. The van der Waals surface area contributed by atoms with Crippen LogP contribution in [-0.4, -0.2) is 10.9 Å². The number of carbonyl (C=O) groups is 1. The molecule has 132 valence electrons. The van der Waals surface area contributed by atoms with E-state index in [1.165, 1.54) is 23.5 Å². The van der Waals surface area contributed by atoms with Crippen LogP contribution in [-0.2, 0) is 6.54 Å². The number of nitrogens with one attached hydrogen (secondary N) is 1. The molecule has 0 unspecified atom stereocenters. The highest BCUT2D eigenvalue weighted by molar-refractivity contribution is 7.20. The molecule has 2 aromatic heterocycles. The quantitative estimate of drug-likeness (QED) is 0.550. The van der Waals surface area contributed by atoms with Crippen molar-refractivity contribution in [3.63, 3.8) is 0 Å². The van der Waals surface area contributed by atoms with Gasteiger partial charge in [0.15, 0.2) is 0 Å². The first-order valence-corrected chi connectivity index (χ1v) is 8.52. The largest absolute Gasteiger partial charge is 0.383 e. The van der Waals surface area contributed by atoms with Gasteiger partial charge in [0, 0.05) is 22.8 Å². The van der Waals surface area contributed by atoms with Gasteiger partial charge in [-0.25, -0.2) is 9.37 Å². The van der Waals surface area contributed by atoms with Crippen molar-refractivity contribution in [3.05, 3.63) is 71.0 Å². The molecule has 0 saturated carbocycles. The van der Waals surface area contributed by atoms with Crippen LogP contribution in [0.1, 0.15) is 22.7 Å². The number of rotatable bonds is 3. The lowest BCUT2D eigenvalue weighted by molar-refractivity contribution is 0.0955. The normalized spacial score (nSPS) is 10.7. The maximum atomic E-state index is 13.3. The molecule has 4 rings (SSSR count). The lowest BCUT2D eigenvalue weighted by Crippen LogP contribution is -2.21. The minimum Gasteiger partial charge on any atom is -0.383 e. The van der Waals surface area contributed by atoms with Crippen molar-refractivity contribution in [2.75, 3.05) is 5.73 Å². The van der Waals surface area contributed by atoms with Gasteiger partial charge in [0.1, 0.15) is 11.6 Å². The number of benzene rings is 2. The molecule has 3 N–H and O–H groups in total. The van der Waals surface area contributed by atoms with E-state index in [9.17, 15) is 9.18 Å². The molecule has 0 aliphatic heterocycles. The number of pyridine rings is 1. The van der Waals surface area contributed by atoms with Gasteiger partial charge in [0.25, 0.3) is 5.91 Å². The van der Waals surface area contributed by atoms with Crippen molar-refractivity contribution in [3.8, 4) is 0 Å². The van der Waals surface area contributed by atoms with E-state index in [-0.39, 0.29) is 19.2 Å². The molecule has 26 heavy (non-hydrogen) atoms. The monoisotopic (exact) mass is 367 g/mol. The minimum atomic E-state index is -0.304. The Balaban J connectivity index is 0.00000196. The van der Waals surface area contributed by atoms with Crippen LogP contribution in [0.3, 0.4) is 0 Å². The Bertz CT molecular complexity index is 1110. The second kappa shape index (κ2) is 7.09. The van der Waals surface area contributed by atoms with Gasteiger partial charge in [-0.05, 0) is 52.7 Å². The summed E-state index contributed by atoms with van der Waals surface area (Å²) >= 11 is 1.35. The van der Waals surface area contributed by atoms with Crippen LogP contribution >= 0.6 is 11.3 Å². The fraction of sp³-hybridized carbons (Fsp3) is 0.100. The second-order valence-corrected chi connectivity index (χ2v) is 6.81. The molecule has 0 aliphatic carbocycles. The first-order chi connectivity index (χ1) is 12.1. The number of halogens is 1. The summed E-state index contributed by atoms with van der Waals surface area (Å²) in [6, 6.07) is 13.9. The zero-order chi connectivity index (χ0) is 17.4. The Morgan fingerprint density at radius 2 is 1.96 bits per heavy atom. The summed E-state index contributed by atoms with van der Waals surface area (Å²) in [7, 11) is 0. The molecule has 2 aromatic carbocycles. The van der Waals surface area contributed by atoms with E-state index in [1.807, 2.05) is 24.3 Å². The van der Waals surface area contributed by atoms with Crippen LogP contribution in [0.5, 0.6) is 0 Å². The fourth-order valence-electron chi connectivity index (χ4n) is 2.76. The molecule has 0 saturated heterocycles. The van der Waals surface area contributed by atoms with Crippen LogP contribution < -0.4 is 11.1 Å². The van der Waals surface area contributed by atoms with Gasteiger partial charge < -0.3 is 11.1 Å². The fourth-order valence-corrected chi connectivity index (χ4v) is 3.72. The molecule has 6 heteroatoms. The van der Waals surface area contributed by atoms with Gasteiger partial charge in [-0.15, -0.1) is 11.3 Å². The van der Waals surface area contributed by atoms with E-state index in [0.717, 1.165) is 26.4 Å². The van der Waals surface area contributed by atoms with Crippen molar-refractivity contribution < 1.29 is 9.18 Å². The van der Waals surface area contributed by atoms with E-state index < -0.39 is 0 Å². The molecule has 0 bridgehead atoms.